The molecule has 7 heteroatoms. The molecular weight excluding hydrogens is 308 g/mol. The van der Waals surface area contributed by atoms with Crippen molar-refractivity contribution in [3.63, 3.8) is 0 Å². The second-order valence-electron chi connectivity index (χ2n) is 3.86. The number of halogens is 3. The Kier molecular flexibility index (Phi) is 4.42. The molecule has 104 valence electrons. The molecule has 0 aliphatic carbocycles. The minimum atomic E-state index is -0.597. The van der Waals surface area contributed by atoms with E-state index in [1.54, 1.807) is 6.07 Å². The van der Waals surface area contributed by atoms with E-state index in [0.717, 1.165) is 0 Å². The summed E-state index contributed by atoms with van der Waals surface area (Å²) in [5, 5.41) is 10.8. The Bertz CT molecular complexity index is 644. The first-order valence-electron chi connectivity index (χ1n) is 5.48. The fraction of sp³-hybridized carbons (Fsp3) is 0.0769. The lowest BCUT2D eigenvalue weighted by molar-refractivity contribution is -0.384. The summed E-state index contributed by atoms with van der Waals surface area (Å²) in [4.78, 5) is 10.0. The smallest absolute Gasteiger partial charge is 0.288 e. The third-order valence-corrected chi connectivity index (χ3v) is 3.22. The van der Waals surface area contributed by atoms with Gasteiger partial charge in [-0.2, -0.15) is 0 Å². The Morgan fingerprint density at radius 3 is 2.55 bits per heavy atom. The van der Waals surface area contributed by atoms with Crippen molar-refractivity contribution in [2.24, 2.45) is 0 Å². The van der Waals surface area contributed by atoms with Crippen molar-refractivity contribution >= 4 is 28.9 Å². The summed E-state index contributed by atoms with van der Waals surface area (Å²) in [5.41, 5.74) is -0.00779. The van der Waals surface area contributed by atoms with E-state index in [1.807, 2.05) is 0 Å². The summed E-state index contributed by atoms with van der Waals surface area (Å²) < 4.78 is 18.9. The molecule has 0 aromatic heterocycles. The van der Waals surface area contributed by atoms with Gasteiger partial charge in [0.2, 0.25) is 0 Å². The van der Waals surface area contributed by atoms with E-state index in [-0.39, 0.29) is 27.9 Å². The van der Waals surface area contributed by atoms with E-state index in [0.29, 0.717) is 5.75 Å². The van der Waals surface area contributed by atoms with Crippen LogP contribution in [0.3, 0.4) is 0 Å². The zero-order valence-corrected chi connectivity index (χ0v) is 11.5. The molecule has 0 aliphatic heterocycles. The van der Waals surface area contributed by atoms with Gasteiger partial charge in [0.15, 0.2) is 0 Å². The number of benzene rings is 2. The van der Waals surface area contributed by atoms with Gasteiger partial charge in [-0.05, 0) is 18.2 Å². The maximum Gasteiger partial charge on any atom is 0.288 e. The van der Waals surface area contributed by atoms with Crippen LogP contribution in [0.4, 0.5) is 10.1 Å². The molecule has 0 fully saturated rings. The average molecular weight is 316 g/mol. The van der Waals surface area contributed by atoms with Gasteiger partial charge >= 0.3 is 0 Å². The highest BCUT2D eigenvalue weighted by molar-refractivity contribution is 6.32. The van der Waals surface area contributed by atoms with Crippen LogP contribution in [0.5, 0.6) is 5.75 Å². The van der Waals surface area contributed by atoms with Crippen molar-refractivity contribution in [3.05, 3.63) is 67.9 Å². The molecule has 2 aromatic rings. The van der Waals surface area contributed by atoms with Gasteiger partial charge in [0.1, 0.15) is 23.2 Å². The van der Waals surface area contributed by atoms with Gasteiger partial charge in [0, 0.05) is 17.7 Å². The molecule has 4 nitrogen and oxygen atoms in total. The largest absolute Gasteiger partial charge is 0.489 e. The number of hydrogen-bond acceptors (Lipinski definition) is 3. The first-order chi connectivity index (χ1) is 9.49. The van der Waals surface area contributed by atoms with Crippen molar-refractivity contribution in [3.8, 4) is 5.75 Å². The van der Waals surface area contributed by atoms with Crippen LogP contribution in [0.1, 0.15) is 5.56 Å². The van der Waals surface area contributed by atoms with E-state index in [4.69, 9.17) is 27.9 Å². The second-order valence-corrected chi connectivity index (χ2v) is 4.67. The van der Waals surface area contributed by atoms with Crippen molar-refractivity contribution in [1.82, 2.24) is 0 Å². The van der Waals surface area contributed by atoms with Crippen molar-refractivity contribution in [1.29, 1.82) is 0 Å². The van der Waals surface area contributed by atoms with Crippen molar-refractivity contribution in [2.75, 3.05) is 0 Å². The summed E-state index contributed by atoms with van der Waals surface area (Å²) in [5.74, 6) is -0.189. The monoisotopic (exact) mass is 315 g/mol. The summed E-state index contributed by atoms with van der Waals surface area (Å²) in [6, 6.07) is 8.22. The molecule has 0 aliphatic rings. The molecule has 0 radical (unpaired) electrons. The first-order valence-corrected chi connectivity index (χ1v) is 6.24. The Hall–Kier alpha value is -1.85. The predicted molar refractivity (Wildman–Crippen MR) is 73.8 cm³/mol. The molecule has 0 heterocycles. The highest BCUT2D eigenvalue weighted by atomic mass is 35.5. The quantitative estimate of drug-likeness (QED) is 0.611. The normalized spacial score (nSPS) is 10.3. The Morgan fingerprint density at radius 2 is 1.95 bits per heavy atom. The Balaban J connectivity index is 2.16. The number of ether oxygens (including phenoxy) is 1. The van der Waals surface area contributed by atoms with E-state index in [9.17, 15) is 14.5 Å². The molecule has 0 N–H and O–H groups in total. The third kappa shape index (κ3) is 3.18. The zero-order chi connectivity index (χ0) is 14.7. The van der Waals surface area contributed by atoms with Gasteiger partial charge in [-0.15, -0.1) is 0 Å². The summed E-state index contributed by atoms with van der Waals surface area (Å²) in [7, 11) is 0. The van der Waals surface area contributed by atoms with E-state index in [1.165, 1.54) is 30.3 Å². The standard InChI is InChI=1S/C13H8Cl2FNO3/c14-10-2-1-3-12(16)9(10)7-20-8-4-5-13(17(18)19)11(15)6-8/h1-6H,7H2. The van der Waals surface area contributed by atoms with Crippen LogP contribution >= 0.6 is 23.2 Å². The summed E-state index contributed by atoms with van der Waals surface area (Å²) in [6.07, 6.45) is 0. The van der Waals surface area contributed by atoms with Gasteiger partial charge < -0.3 is 4.74 Å². The van der Waals surface area contributed by atoms with Crippen LogP contribution in [-0.4, -0.2) is 4.92 Å². The van der Waals surface area contributed by atoms with E-state index in [2.05, 4.69) is 0 Å². The van der Waals surface area contributed by atoms with E-state index >= 15 is 0 Å². The van der Waals surface area contributed by atoms with Gasteiger partial charge in [-0.3, -0.25) is 10.1 Å². The number of nitro groups is 1. The highest BCUT2D eigenvalue weighted by Gasteiger charge is 2.13. The molecule has 0 saturated heterocycles. The highest BCUT2D eigenvalue weighted by Crippen LogP contribution is 2.29. The molecule has 2 rings (SSSR count). The molecule has 0 bridgehead atoms. The molecular formula is C13H8Cl2FNO3. The van der Waals surface area contributed by atoms with Crippen molar-refractivity contribution in [2.45, 2.75) is 6.61 Å². The van der Waals surface area contributed by atoms with Gasteiger partial charge in [-0.1, -0.05) is 29.3 Å². The van der Waals surface area contributed by atoms with Crippen molar-refractivity contribution < 1.29 is 14.1 Å². The lowest BCUT2D eigenvalue weighted by Crippen LogP contribution is -2.00. The zero-order valence-electron chi connectivity index (χ0n) is 9.98. The summed E-state index contributed by atoms with van der Waals surface area (Å²) >= 11 is 11.6. The number of nitrogens with zero attached hydrogens (tertiary/aromatic N) is 1. The van der Waals surface area contributed by atoms with Gasteiger partial charge in [0.25, 0.3) is 5.69 Å². The fourth-order valence-electron chi connectivity index (χ4n) is 1.55. The van der Waals surface area contributed by atoms with Crippen LogP contribution in [-0.2, 0) is 6.61 Å². The van der Waals surface area contributed by atoms with Crippen LogP contribution in [0.2, 0.25) is 10.0 Å². The lowest BCUT2D eigenvalue weighted by atomic mass is 10.2. The molecule has 20 heavy (non-hydrogen) atoms. The minimum Gasteiger partial charge on any atom is -0.489 e. The maximum absolute atomic E-state index is 13.5. The third-order valence-electron chi connectivity index (χ3n) is 2.56. The predicted octanol–water partition coefficient (Wildman–Crippen LogP) is 4.62. The fourth-order valence-corrected chi connectivity index (χ4v) is 2.01. The molecule has 2 aromatic carbocycles. The molecule has 0 saturated carbocycles. The van der Waals surface area contributed by atoms with Crippen LogP contribution < -0.4 is 4.74 Å². The van der Waals surface area contributed by atoms with Crippen LogP contribution in [0, 0.1) is 15.9 Å². The lowest BCUT2D eigenvalue weighted by Gasteiger charge is -2.09. The minimum absolute atomic E-state index is 0.0490. The number of nitro benzene ring substituents is 1. The van der Waals surface area contributed by atoms with Gasteiger partial charge in [0.05, 0.1) is 9.95 Å². The maximum atomic E-state index is 13.5. The molecule has 0 unspecified atom stereocenters. The van der Waals surface area contributed by atoms with E-state index < -0.39 is 10.7 Å². The molecule has 0 amide bonds. The SMILES string of the molecule is O=[N+]([O-])c1ccc(OCc2c(F)cccc2Cl)cc1Cl. The second kappa shape index (κ2) is 6.07. The van der Waals surface area contributed by atoms with Crippen LogP contribution in [0.25, 0.3) is 0 Å². The Morgan fingerprint density at radius 1 is 1.20 bits per heavy atom. The molecule has 0 atom stereocenters. The number of rotatable bonds is 4. The topological polar surface area (TPSA) is 52.4 Å². The molecule has 0 spiro atoms. The number of hydrogen-bond donors (Lipinski definition) is 0. The summed E-state index contributed by atoms with van der Waals surface area (Å²) in [6.45, 7) is -0.0976. The first kappa shape index (κ1) is 14.6. The van der Waals surface area contributed by atoms with Gasteiger partial charge in [-0.25, -0.2) is 4.39 Å². The van der Waals surface area contributed by atoms with Crippen LogP contribution in [0.15, 0.2) is 36.4 Å². The average Bonchev–Trinajstić information content (AvgIpc) is 2.37. The Labute approximate surface area is 123 Å².